The van der Waals surface area contributed by atoms with Crippen LogP contribution in [0.1, 0.15) is 86.6 Å². The zero-order chi connectivity index (χ0) is 34.0. The van der Waals surface area contributed by atoms with Gasteiger partial charge in [-0.1, -0.05) is 68.7 Å². The highest BCUT2D eigenvalue weighted by molar-refractivity contribution is 5.76. The van der Waals surface area contributed by atoms with Crippen molar-refractivity contribution in [3.05, 3.63) is 95.4 Å². The Kier molecular flexibility index (Phi) is 11.7. The highest BCUT2D eigenvalue weighted by Gasteiger charge is 2.19. The molecule has 2 saturated carbocycles. The average molecular weight is 669 g/mol. The number of rotatable bonds is 10. The Morgan fingerprint density at radius 2 is 1.46 bits per heavy atom. The van der Waals surface area contributed by atoms with Gasteiger partial charge < -0.3 is 20.9 Å². The summed E-state index contributed by atoms with van der Waals surface area (Å²) < 4.78 is 0. The molecule has 3 aliphatic rings. The molecule has 1 aliphatic heterocycles. The van der Waals surface area contributed by atoms with E-state index in [1.807, 2.05) is 36.7 Å². The van der Waals surface area contributed by atoms with Crippen molar-refractivity contribution < 1.29 is 0 Å². The molecule has 2 aromatic heterocycles. The third kappa shape index (κ3) is 9.69. The molecule has 0 spiro atoms. The predicted molar refractivity (Wildman–Crippen MR) is 204 cm³/mol. The normalized spacial score (nSPS) is 17.9. The Labute approximate surface area is 298 Å². The molecule has 260 valence electrons. The van der Waals surface area contributed by atoms with Crippen molar-refractivity contribution in [3.63, 3.8) is 0 Å². The van der Waals surface area contributed by atoms with E-state index >= 15 is 0 Å². The largest absolute Gasteiger partial charge is 0.367 e. The van der Waals surface area contributed by atoms with E-state index in [4.69, 9.17) is 9.97 Å². The van der Waals surface area contributed by atoms with Crippen LogP contribution in [-0.2, 0) is 13.1 Å². The molecule has 3 heterocycles. The van der Waals surface area contributed by atoms with Crippen molar-refractivity contribution >= 4 is 17.5 Å². The van der Waals surface area contributed by atoms with E-state index < -0.39 is 0 Å². The maximum atomic E-state index is 5.03. The lowest BCUT2D eigenvalue weighted by atomic mass is 9.95. The zero-order valence-corrected chi connectivity index (χ0v) is 29.6. The Morgan fingerprint density at radius 3 is 2.20 bits per heavy atom. The summed E-state index contributed by atoms with van der Waals surface area (Å²) in [6.45, 7) is 6.37. The van der Waals surface area contributed by atoms with Crippen LogP contribution in [0.5, 0.6) is 0 Å². The number of nitrogens with one attached hydrogen (secondary N) is 3. The molecule has 0 bridgehead atoms. The van der Waals surface area contributed by atoms with Crippen molar-refractivity contribution in [2.75, 3.05) is 43.9 Å². The summed E-state index contributed by atoms with van der Waals surface area (Å²) in [4.78, 5) is 19.2. The molecule has 2 aliphatic carbocycles. The summed E-state index contributed by atoms with van der Waals surface area (Å²) in [5.74, 6) is 8.02. The topological polar surface area (TPSA) is 81.2 Å². The summed E-state index contributed by atoms with van der Waals surface area (Å²) in [6, 6.07) is 22.4. The van der Waals surface area contributed by atoms with Gasteiger partial charge in [0.05, 0.1) is 0 Å². The highest BCUT2D eigenvalue weighted by atomic mass is 15.2. The molecular weight excluding hydrogens is 617 g/mol. The molecule has 4 aromatic rings. The van der Waals surface area contributed by atoms with Gasteiger partial charge in [0.1, 0.15) is 11.5 Å². The van der Waals surface area contributed by atoms with Crippen LogP contribution >= 0.6 is 0 Å². The van der Waals surface area contributed by atoms with Gasteiger partial charge in [0, 0.05) is 80.6 Å². The molecule has 1 saturated heterocycles. The predicted octanol–water partition coefficient (Wildman–Crippen LogP) is 7.60. The fraction of sp³-hybridized carbons (Fsp3) is 0.452. The van der Waals surface area contributed by atoms with Gasteiger partial charge in [-0.3, -0.25) is 4.90 Å². The number of pyridine rings is 1. The quantitative estimate of drug-likeness (QED) is 0.149. The fourth-order valence-electron chi connectivity index (χ4n) is 7.38. The third-order valence-electron chi connectivity index (χ3n) is 10.5. The van der Waals surface area contributed by atoms with Gasteiger partial charge in [-0.05, 0) is 91.7 Å². The summed E-state index contributed by atoms with van der Waals surface area (Å²) in [5.41, 5.74) is 7.42. The first kappa shape index (κ1) is 34.2. The van der Waals surface area contributed by atoms with Crippen molar-refractivity contribution in [3.8, 4) is 23.0 Å². The van der Waals surface area contributed by atoms with Crippen molar-refractivity contribution in [1.29, 1.82) is 0 Å². The summed E-state index contributed by atoms with van der Waals surface area (Å²) >= 11 is 0. The number of benzene rings is 2. The minimum absolute atomic E-state index is 0.433. The minimum atomic E-state index is 0.433. The van der Waals surface area contributed by atoms with Crippen LogP contribution in [-0.4, -0.2) is 70.1 Å². The molecule has 50 heavy (non-hydrogen) atoms. The monoisotopic (exact) mass is 668 g/mol. The van der Waals surface area contributed by atoms with E-state index in [-0.39, 0.29) is 0 Å². The van der Waals surface area contributed by atoms with E-state index in [2.05, 4.69) is 86.0 Å². The smallest absolute Gasteiger partial charge is 0.229 e. The van der Waals surface area contributed by atoms with Crippen molar-refractivity contribution in [2.45, 2.75) is 89.4 Å². The lowest BCUT2D eigenvalue weighted by Crippen LogP contribution is -2.43. The van der Waals surface area contributed by atoms with Gasteiger partial charge in [-0.2, -0.15) is 4.98 Å². The highest BCUT2D eigenvalue weighted by Crippen LogP contribution is 2.31. The zero-order valence-electron chi connectivity index (χ0n) is 29.6. The molecule has 8 heteroatoms. The maximum absolute atomic E-state index is 5.03. The second-order valence-electron chi connectivity index (χ2n) is 14.4. The van der Waals surface area contributed by atoms with Gasteiger partial charge in [0.15, 0.2) is 0 Å². The first-order chi connectivity index (χ1) is 24.6. The molecular formula is C42H52N8. The van der Waals surface area contributed by atoms with Crippen LogP contribution in [0.2, 0.25) is 0 Å². The molecule has 0 unspecified atom stereocenters. The molecule has 0 atom stereocenters. The first-order valence-corrected chi connectivity index (χ1v) is 18.8. The van der Waals surface area contributed by atoms with Gasteiger partial charge in [-0.15, -0.1) is 0 Å². The van der Waals surface area contributed by atoms with Gasteiger partial charge in [0.2, 0.25) is 5.95 Å². The second-order valence-corrected chi connectivity index (χ2v) is 14.4. The number of hydrogen-bond donors (Lipinski definition) is 3. The molecule has 0 radical (unpaired) electrons. The van der Waals surface area contributed by atoms with Crippen LogP contribution < -0.4 is 16.0 Å². The van der Waals surface area contributed by atoms with Crippen LogP contribution in [0.15, 0.2) is 73.1 Å². The first-order valence-electron chi connectivity index (χ1n) is 18.8. The maximum Gasteiger partial charge on any atom is 0.229 e. The Hall–Kier alpha value is -4.29. The molecule has 8 nitrogen and oxygen atoms in total. The molecule has 3 N–H and O–H groups in total. The molecule has 2 aromatic carbocycles. The lowest BCUT2D eigenvalue weighted by molar-refractivity contribution is 0.148. The summed E-state index contributed by atoms with van der Waals surface area (Å²) in [5, 5.41) is 10.9. The number of piperazine rings is 1. The van der Waals surface area contributed by atoms with Crippen LogP contribution in [0.3, 0.4) is 0 Å². The lowest BCUT2D eigenvalue weighted by Gasteiger charge is -2.32. The molecule has 7 rings (SSSR count). The standard InChI is InChI=1S/C42H52N8/c1-49-24-26-50(27-25-49)31-33-12-17-35(18-13-33)40-30-45-42(48-41(40)46-37-10-6-3-7-11-37)47-38-19-14-32(15-20-38)16-21-39-28-34(22-23-43-39)29-44-36-8-4-2-5-9-36/h12-15,17-20,22-23,28,30,36-37,44H,2-11,24-27,29,31H2,1H3,(H2,45,46,47,48). The minimum Gasteiger partial charge on any atom is -0.367 e. The number of likely N-dealkylation sites (N-methyl/N-ethyl adjacent to an activating group) is 1. The number of nitrogens with zero attached hydrogens (tertiary/aromatic N) is 5. The van der Waals surface area contributed by atoms with E-state index in [9.17, 15) is 0 Å². The van der Waals surface area contributed by atoms with Gasteiger partial charge >= 0.3 is 0 Å². The van der Waals surface area contributed by atoms with Gasteiger partial charge in [0.25, 0.3) is 0 Å². The number of hydrogen-bond acceptors (Lipinski definition) is 8. The molecule has 0 amide bonds. The summed E-state index contributed by atoms with van der Waals surface area (Å²) in [7, 11) is 2.20. The van der Waals surface area contributed by atoms with E-state index in [0.717, 1.165) is 73.2 Å². The van der Waals surface area contributed by atoms with E-state index in [1.54, 1.807) is 0 Å². The number of anilines is 3. The Bertz CT molecular complexity index is 1720. The van der Waals surface area contributed by atoms with Crippen LogP contribution in [0.4, 0.5) is 17.5 Å². The Morgan fingerprint density at radius 1 is 0.740 bits per heavy atom. The van der Waals surface area contributed by atoms with Crippen molar-refractivity contribution in [2.24, 2.45) is 0 Å². The number of aromatic nitrogens is 3. The third-order valence-corrected chi connectivity index (χ3v) is 10.5. The Balaban J connectivity index is 1.01. The SMILES string of the molecule is CN1CCN(Cc2ccc(-c3cnc(Nc4ccc(C#Cc5cc(CNC6CCCCC6)ccn5)cc4)nc3NC3CCCCC3)cc2)CC1. The van der Waals surface area contributed by atoms with E-state index in [1.165, 1.54) is 75.3 Å². The van der Waals surface area contributed by atoms with Crippen molar-refractivity contribution in [1.82, 2.24) is 30.1 Å². The van der Waals surface area contributed by atoms with Gasteiger partial charge in [-0.25, -0.2) is 9.97 Å². The second kappa shape index (κ2) is 17.1. The van der Waals surface area contributed by atoms with Crippen LogP contribution in [0.25, 0.3) is 11.1 Å². The van der Waals surface area contributed by atoms with E-state index in [0.29, 0.717) is 18.0 Å². The summed E-state index contributed by atoms with van der Waals surface area (Å²) in [6.07, 6.45) is 16.6. The average Bonchev–Trinajstić information content (AvgIpc) is 3.16. The fourth-order valence-corrected chi connectivity index (χ4v) is 7.38. The van der Waals surface area contributed by atoms with Crippen LogP contribution in [0, 0.1) is 11.8 Å². The molecule has 3 fully saturated rings.